The Hall–Kier alpha value is -3.49. The predicted molar refractivity (Wildman–Crippen MR) is 104 cm³/mol. The summed E-state index contributed by atoms with van der Waals surface area (Å²) in [6.45, 7) is -7.38. The first-order valence-corrected chi connectivity index (χ1v) is 7.60. The number of hydrogen-bond acceptors (Lipinski definition) is 8. The number of carbonyl (C=O) groups is 1. The molecule has 4 rings (SSSR count). The molecule has 0 saturated carbocycles. The highest BCUT2D eigenvalue weighted by Gasteiger charge is 2.25. The Morgan fingerprint density at radius 1 is 1.29 bits per heavy atom. The first-order chi connectivity index (χ1) is 19.4. The van der Waals surface area contributed by atoms with Crippen molar-refractivity contribution in [1.82, 2.24) is 14.9 Å². The summed E-state index contributed by atoms with van der Waals surface area (Å²) in [7, 11) is -6.43. The number of benzene rings is 1. The fraction of sp³-hybridized carbons (Fsp3) is 0.316. The van der Waals surface area contributed by atoms with Gasteiger partial charge in [0, 0.05) is 37.5 Å². The van der Waals surface area contributed by atoms with Gasteiger partial charge in [0.2, 0.25) is 5.95 Å². The minimum Gasteiger partial charge on any atom is -0.493 e. The molecule has 1 fully saturated rings. The highest BCUT2D eigenvalue weighted by atomic mass is 16.5. The number of methoxy groups -OCH3 is 2. The Balaban J connectivity index is 1.83. The second-order valence-electron chi connectivity index (χ2n) is 5.34. The van der Waals surface area contributed by atoms with E-state index in [9.17, 15) is 4.79 Å². The topological polar surface area (TPSA) is 107 Å². The Kier molecular flexibility index (Phi) is 1.94. The molecule has 1 aromatic carbocycles. The number of amides is 1. The molecule has 0 bridgehead atoms. The average molecular weight is 398 g/mol. The lowest BCUT2D eigenvalue weighted by atomic mass is 10.2. The third-order valence-corrected chi connectivity index (χ3v) is 3.71. The maximum absolute atomic E-state index is 13.1. The fourth-order valence-electron chi connectivity index (χ4n) is 2.39. The van der Waals surface area contributed by atoms with Crippen LogP contribution in [0.1, 0.15) is 31.1 Å². The zero-order valence-corrected chi connectivity index (χ0v) is 13.9. The molecule has 3 heterocycles. The molecule has 9 heteroatoms. The maximum atomic E-state index is 13.1. The third kappa shape index (κ3) is 3.15. The quantitative estimate of drug-likeness (QED) is 0.709. The van der Waals surface area contributed by atoms with Crippen LogP contribution >= 0.6 is 0 Å². The number of furan rings is 1. The summed E-state index contributed by atoms with van der Waals surface area (Å²) < 4.78 is 132. The van der Waals surface area contributed by atoms with E-state index in [4.69, 9.17) is 40.2 Å². The van der Waals surface area contributed by atoms with Crippen LogP contribution in [-0.4, -0.2) is 60.9 Å². The van der Waals surface area contributed by atoms with Gasteiger partial charge in [0.15, 0.2) is 17.3 Å². The van der Waals surface area contributed by atoms with Gasteiger partial charge in [0.25, 0.3) is 5.91 Å². The molecule has 0 spiro atoms. The van der Waals surface area contributed by atoms with Gasteiger partial charge in [0.1, 0.15) is 7.19 Å². The molecule has 0 unspecified atom stereocenters. The van der Waals surface area contributed by atoms with Crippen molar-refractivity contribution in [3.05, 3.63) is 36.2 Å². The number of ether oxygens (including phenoxy) is 2. The molecule has 0 atom stereocenters. The van der Waals surface area contributed by atoms with E-state index in [-0.39, 0.29) is 4.90 Å². The van der Waals surface area contributed by atoms with Crippen LogP contribution in [0.3, 0.4) is 0 Å². The zero-order valence-electron chi connectivity index (χ0n) is 28.9. The molecule has 3 aromatic rings. The van der Waals surface area contributed by atoms with E-state index in [0.717, 1.165) is 4.90 Å². The van der Waals surface area contributed by atoms with E-state index in [0.29, 0.717) is 0 Å². The lowest BCUT2D eigenvalue weighted by Crippen LogP contribution is -2.49. The normalized spacial score (nSPS) is 26.6. The molecule has 1 amide bonds. The first kappa shape index (κ1) is 7.50. The number of carbonyl (C=O) groups excluding carboxylic acids is 1. The van der Waals surface area contributed by atoms with Crippen molar-refractivity contribution in [3.63, 3.8) is 0 Å². The van der Waals surface area contributed by atoms with Gasteiger partial charge >= 0.3 is 0 Å². The van der Waals surface area contributed by atoms with Gasteiger partial charge in [0.05, 0.1) is 45.0 Å². The van der Waals surface area contributed by atoms with Crippen LogP contribution in [0.5, 0.6) is 11.5 Å². The van der Waals surface area contributed by atoms with Gasteiger partial charge in [-0.25, -0.2) is 4.98 Å². The van der Waals surface area contributed by atoms with Crippen LogP contribution in [0, 0.1) is 0 Å². The number of piperazine rings is 1. The number of nitrogens with zero attached hydrogens (tertiary/aromatic N) is 4. The summed E-state index contributed by atoms with van der Waals surface area (Å²) in [5.74, 6) is -5.36. The summed E-state index contributed by atoms with van der Waals surface area (Å²) in [4.78, 5) is 22.2. The molecule has 9 nitrogen and oxygen atoms in total. The fourth-order valence-corrected chi connectivity index (χ4v) is 2.39. The van der Waals surface area contributed by atoms with Crippen molar-refractivity contribution in [1.29, 1.82) is 0 Å². The molecular formula is C19H21N5O4. The van der Waals surface area contributed by atoms with E-state index in [1.165, 1.54) is 0 Å². The average Bonchev–Trinajstić information content (AvgIpc) is 3.08. The molecule has 146 valence electrons. The van der Waals surface area contributed by atoms with Crippen LogP contribution in [-0.2, 0) is 0 Å². The molecule has 2 aromatic heterocycles. The monoisotopic (exact) mass is 398 g/mol. The summed E-state index contributed by atoms with van der Waals surface area (Å²) in [5.41, 5.74) is 5.48. The second-order valence-corrected chi connectivity index (χ2v) is 5.34. The molecular weight excluding hydrogens is 362 g/mol. The van der Waals surface area contributed by atoms with Crippen LogP contribution in [0.4, 0.5) is 11.8 Å². The lowest BCUT2D eigenvalue weighted by Gasteiger charge is -2.34. The Morgan fingerprint density at radius 2 is 2.04 bits per heavy atom. The van der Waals surface area contributed by atoms with Crippen LogP contribution in [0.15, 0.2) is 34.8 Å². The molecule has 1 aliphatic rings. The van der Waals surface area contributed by atoms with Gasteiger partial charge < -0.3 is 29.4 Å². The molecule has 0 radical (unpaired) electrons. The van der Waals surface area contributed by atoms with E-state index in [1.807, 2.05) is 0 Å². The third-order valence-electron chi connectivity index (χ3n) is 3.71. The summed E-state index contributed by atoms with van der Waals surface area (Å²) in [5, 5.41) is -0.441. The van der Waals surface area contributed by atoms with E-state index in [1.54, 1.807) is 0 Å². The maximum Gasteiger partial charge on any atom is 0.289 e. The van der Waals surface area contributed by atoms with Crippen molar-refractivity contribution in [2.75, 3.05) is 50.8 Å². The smallest absolute Gasteiger partial charge is 0.289 e. The minimum atomic E-state index is -3.23. The van der Waals surface area contributed by atoms with Crippen molar-refractivity contribution in [2.24, 2.45) is 0 Å². The van der Waals surface area contributed by atoms with Gasteiger partial charge in [-0.05, 0) is 18.1 Å². The second kappa shape index (κ2) is 7.26. The number of hydrogen-bond donors (Lipinski definition) is 1. The number of rotatable bonds is 4. The SMILES string of the molecule is [2H]c1oc(C(=O)N2C([2H])([2H])CN(c3nc(N)c4c([2H])c(OC([2H])([2H])[2H])c(OC([2H])([2H])[2H])c([2H])c4n3)CC2([2H])[2H])c([2H])c1[2H]. The number of nitrogens with two attached hydrogens (primary N) is 1. The zero-order chi connectivity index (χ0) is 32.6. The summed E-state index contributed by atoms with van der Waals surface area (Å²) >= 11 is 0. The van der Waals surface area contributed by atoms with Gasteiger partial charge in [-0.3, -0.25) is 4.79 Å². The van der Waals surface area contributed by atoms with Crippen molar-refractivity contribution >= 4 is 28.6 Å². The molecule has 0 aliphatic carbocycles. The first-order valence-electron chi connectivity index (χ1n) is 15.1. The number of aromatic nitrogens is 2. The van der Waals surface area contributed by atoms with E-state index >= 15 is 0 Å². The Bertz CT molecular complexity index is 1600. The minimum absolute atomic E-state index is 0.148. The number of fused-ring (bicyclic) bond motifs is 1. The highest BCUT2D eigenvalue weighted by molar-refractivity contribution is 5.92. The Labute approximate surface area is 182 Å². The summed E-state index contributed by atoms with van der Waals surface area (Å²) in [6.07, 6.45) is -0.845. The Morgan fingerprint density at radius 3 is 2.71 bits per heavy atom. The standard InChI is InChI=1S/C19H21N5O4/c1-26-15-10-12-13(11-16(15)27-2)21-19(22-17(12)20)24-7-5-23(6-8-24)18(25)14-4-3-9-28-14/h3-4,9-11H,5-8H2,1-2H3,(H2,20,21,22)/i1D3,2D3,3D,4D,5D2,6D2,9D,10D,11D. The molecule has 1 saturated heterocycles. The highest BCUT2D eigenvalue weighted by Crippen LogP contribution is 2.34. The van der Waals surface area contributed by atoms with Gasteiger partial charge in [-0.15, -0.1) is 0 Å². The van der Waals surface area contributed by atoms with Crippen molar-refractivity contribution in [2.45, 2.75) is 0 Å². The largest absolute Gasteiger partial charge is 0.493 e. The van der Waals surface area contributed by atoms with Crippen molar-refractivity contribution < 1.29 is 39.2 Å². The van der Waals surface area contributed by atoms with Gasteiger partial charge in [-0.2, -0.15) is 4.98 Å². The van der Waals surface area contributed by atoms with Crippen LogP contribution in [0.25, 0.3) is 10.9 Å². The molecule has 1 aliphatic heterocycles. The summed E-state index contributed by atoms with van der Waals surface area (Å²) in [6, 6.07) is -3.30. The van der Waals surface area contributed by atoms with Crippen LogP contribution in [0.2, 0.25) is 0 Å². The van der Waals surface area contributed by atoms with Crippen molar-refractivity contribution in [3.8, 4) is 11.5 Å². The molecule has 2 N–H and O–H groups in total. The van der Waals surface area contributed by atoms with Crippen LogP contribution < -0.4 is 20.1 Å². The van der Waals surface area contributed by atoms with Gasteiger partial charge in [-0.1, -0.05) is 0 Å². The molecule has 28 heavy (non-hydrogen) atoms. The lowest BCUT2D eigenvalue weighted by molar-refractivity contribution is 0.0714. The number of anilines is 2. The number of nitrogen functional groups attached to an aromatic ring is 1. The van der Waals surface area contributed by atoms with E-state index in [2.05, 4.69) is 9.97 Å². The van der Waals surface area contributed by atoms with E-state index < -0.39 is 116 Å². The predicted octanol–water partition coefficient (Wildman–Crippen LogP) is 1.78.